The minimum atomic E-state index is 0.534. The van der Waals surface area contributed by atoms with E-state index < -0.39 is 0 Å². The number of benzene rings is 3. The van der Waals surface area contributed by atoms with Gasteiger partial charge in [0.05, 0.1) is 25.2 Å². The molecule has 0 saturated carbocycles. The van der Waals surface area contributed by atoms with Crippen LogP contribution >= 0.6 is 0 Å². The molecule has 0 fully saturated rings. The van der Waals surface area contributed by atoms with E-state index in [2.05, 4.69) is 78.4 Å². The van der Waals surface area contributed by atoms with Gasteiger partial charge in [0.25, 0.3) is 0 Å². The summed E-state index contributed by atoms with van der Waals surface area (Å²) in [5, 5.41) is 0. The van der Waals surface area contributed by atoms with Gasteiger partial charge in [-0.1, -0.05) is 85.8 Å². The van der Waals surface area contributed by atoms with Gasteiger partial charge in [-0.25, -0.2) is 4.98 Å². The number of rotatable bonds is 12. The Labute approximate surface area is 223 Å². The normalized spacial score (nSPS) is 11.2. The van der Waals surface area contributed by atoms with Crippen LogP contribution in [0, 0.1) is 0 Å². The van der Waals surface area contributed by atoms with Gasteiger partial charge >= 0.3 is 0 Å². The zero-order valence-corrected chi connectivity index (χ0v) is 22.9. The predicted molar refractivity (Wildman–Crippen MR) is 157 cm³/mol. The molecule has 0 aliphatic carbocycles. The van der Waals surface area contributed by atoms with Crippen LogP contribution in [-0.4, -0.2) is 30.5 Å². The van der Waals surface area contributed by atoms with Gasteiger partial charge in [-0.2, -0.15) is 0 Å². The highest BCUT2D eigenvalue weighted by Gasteiger charge is 2.11. The minimum Gasteiger partial charge on any atom is -0.494 e. The predicted octanol–water partition coefficient (Wildman–Crippen LogP) is 5.97. The van der Waals surface area contributed by atoms with Crippen molar-refractivity contribution < 1.29 is 9.47 Å². The summed E-state index contributed by atoms with van der Waals surface area (Å²) in [6.07, 6.45) is 6.41. The van der Waals surface area contributed by atoms with Gasteiger partial charge in [0, 0.05) is 5.69 Å². The zero-order chi connectivity index (χ0) is 26.3. The molecule has 194 valence electrons. The van der Waals surface area contributed by atoms with Gasteiger partial charge in [0.15, 0.2) is 7.28 Å². The van der Waals surface area contributed by atoms with Crippen LogP contribution in [0.15, 0.2) is 85.2 Å². The van der Waals surface area contributed by atoms with Crippen molar-refractivity contribution in [3.8, 4) is 11.5 Å². The Morgan fingerprint density at radius 1 is 0.811 bits per heavy atom. The monoisotopic (exact) mass is 496 g/mol. The smallest absolute Gasteiger partial charge is 0.192 e. The van der Waals surface area contributed by atoms with E-state index >= 15 is 0 Å². The van der Waals surface area contributed by atoms with Gasteiger partial charge in [0.1, 0.15) is 11.5 Å². The third kappa shape index (κ3) is 9.49. The average molecular weight is 497 g/mol. The fourth-order valence-corrected chi connectivity index (χ4v) is 4.35. The molecule has 1 aromatic heterocycles. The Morgan fingerprint density at radius 3 is 2.00 bits per heavy atom. The molecule has 5 heteroatoms. The minimum absolute atomic E-state index is 0.534. The molecule has 0 aliphatic heterocycles. The third-order valence-corrected chi connectivity index (χ3v) is 6.28. The molecule has 4 aromatic rings. The van der Waals surface area contributed by atoms with E-state index in [0.717, 1.165) is 31.6 Å². The maximum Gasteiger partial charge on any atom is 0.192 e. The lowest BCUT2D eigenvalue weighted by atomic mass is 9.64. The molecule has 4 rings (SSSR count). The molecule has 0 saturated heterocycles. The van der Waals surface area contributed by atoms with Crippen molar-refractivity contribution in [1.82, 2.24) is 9.97 Å². The van der Waals surface area contributed by atoms with Gasteiger partial charge in [-0.05, 0) is 68.9 Å². The van der Waals surface area contributed by atoms with Crippen LogP contribution in [0.4, 0.5) is 0 Å². The molecule has 0 amide bonds. The average Bonchev–Trinajstić information content (AvgIpc) is 3.36. The number of aromatic amines is 1. The summed E-state index contributed by atoms with van der Waals surface area (Å²) in [5.41, 5.74) is 6.45. The standard InChI is InChI=1S/C16H19BO2.C16H22N2/c1-3-18-15-9-5-7-13(11-15)17-14-8-6-10-16(12-14)19-4-2;1-3-4-10-15-16(18-12-17-15)11-13(2)14-8-6-5-7-9-14/h5-12,17H,3-4H2,1-2H3;5-9,12-13H,3-4,10-11H2,1-2H3,(H,17,18). The second kappa shape index (κ2) is 15.6. The van der Waals surface area contributed by atoms with Crippen molar-refractivity contribution in [1.29, 1.82) is 0 Å². The maximum atomic E-state index is 5.52. The van der Waals surface area contributed by atoms with Crippen molar-refractivity contribution in [2.45, 2.75) is 59.3 Å². The number of H-pyrrole nitrogens is 1. The van der Waals surface area contributed by atoms with Crippen molar-refractivity contribution in [2.24, 2.45) is 0 Å². The molecular weight excluding hydrogens is 455 g/mol. The first-order valence-electron chi connectivity index (χ1n) is 13.6. The zero-order valence-electron chi connectivity index (χ0n) is 22.9. The van der Waals surface area contributed by atoms with Gasteiger partial charge in [-0.3, -0.25) is 0 Å². The lowest BCUT2D eigenvalue weighted by Crippen LogP contribution is -2.26. The van der Waals surface area contributed by atoms with Gasteiger partial charge in [-0.15, -0.1) is 0 Å². The summed E-state index contributed by atoms with van der Waals surface area (Å²) in [6, 6.07) is 27.2. The molecule has 0 aliphatic rings. The summed E-state index contributed by atoms with van der Waals surface area (Å²) in [6.45, 7) is 9.89. The van der Waals surface area contributed by atoms with Crippen LogP contribution in [0.2, 0.25) is 0 Å². The topological polar surface area (TPSA) is 47.1 Å². The molecule has 1 atom stereocenters. The van der Waals surface area contributed by atoms with E-state index in [1.807, 2.05) is 44.4 Å². The number of nitrogens with zero attached hydrogens (tertiary/aromatic N) is 1. The highest BCUT2D eigenvalue weighted by Crippen LogP contribution is 2.21. The Balaban J connectivity index is 0.000000206. The first kappa shape index (κ1) is 28.1. The van der Waals surface area contributed by atoms with Crippen molar-refractivity contribution in [3.05, 3.63) is 102 Å². The van der Waals surface area contributed by atoms with Crippen LogP contribution in [0.5, 0.6) is 11.5 Å². The number of imidazole rings is 1. The molecule has 4 nitrogen and oxygen atoms in total. The fraction of sp³-hybridized carbons (Fsp3) is 0.344. The van der Waals surface area contributed by atoms with Crippen LogP contribution in [-0.2, 0) is 12.8 Å². The van der Waals surface area contributed by atoms with Crippen molar-refractivity contribution in [3.63, 3.8) is 0 Å². The molecule has 1 heterocycles. The number of ether oxygens (including phenoxy) is 2. The summed E-state index contributed by atoms with van der Waals surface area (Å²) in [5.74, 6) is 2.40. The molecular formula is C32H41BN2O2. The number of aryl methyl sites for hydroxylation is 1. The van der Waals surface area contributed by atoms with Crippen LogP contribution < -0.4 is 20.4 Å². The third-order valence-electron chi connectivity index (χ3n) is 6.28. The summed E-state index contributed by atoms with van der Waals surface area (Å²) in [4.78, 5) is 7.75. The number of aromatic nitrogens is 2. The summed E-state index contributed by atoms with van der Waals surface area (Å²) in [7, 11) is 0.891. The van der Waals surface area contributed by atoms with E-state index in [9.17, 15) is 0 Å². The molecule has 3 aromatic carbocycles. The second-order valence-corrected chi connectivity index (χ2v) is 9.28. The van der Waals surface area contributed by atoms with Gasteiger partial charge in [0.2, 0.25) is 0 Å². The Bertz CT molecular complexity index is 1130. The van der Waals surface area contributed by atoms with E-state index in [4.69, 9.17) is 9.47 Å². The lowest BCUT2D eigenvalue weighted by Gasteiger charge is -2.11. The Morgan fingerprint density at radius 2 is 1.43 bits per heavy atom. The molecule has 1 unspecified atom stereocenters. The summed E-state index contributed by atoms with van der Waals surface area (Å²) < 4.78 is 11.0. The highest BCUT2D eigenvalue weighted by molar-refractivity contribution is 6.67. The van der Waals surface area contributed by atoms with E-state index in [-0.39, 0.29) is 0 Å². The SMILES string of the molecule is CCCCc1nc[nH]c1CC(C)c1ccccc1.CCOc1cccc(Bc2cccc(OCC)c2)c1. The summed E-state index contributed by atoms with van der Waals surface area (Å²) >= 11 is 0. The van der Waals surface area contributed by atoms with Crippen LogP contribution in [0.3, 0.4) is 0 Å². The number of hydrogen-bond acceptors (Lipinski definition) is 3. The fourth-order valence-electron chi connectivity index (χ4n) is 4.35. The number of unbranched alkanes of at least 4 members (excludes halogenated alkanes) is 1. The Hall–Kier alpha value is -3.47. The number of hydrogen-bond donors (Lipinski definition) is 1. The second-order valence-electron chi connectivity index (χ2n) is 9.28. The molecule has 37 heavy (non-hydrogen) atoms. The highest BCUT2D eigenvalue weighted by atomic mass is 16.5. The van der Waals surface area contributed by atoms with Crippen LogP contribution in [0.25, 0.3) is 0 Å². The number of nitrogens with one attached hydrogen (secondary N) is 1. The first-order valence-corrected chi connectivity index (χ1v) is 13.6. The van der Waals surface area contributed by atoms with Crippen LogP contribution in [0.1, 0.15) is 63.4 Å². The van der Waals surface area contributed by atoms with Gasteiger partial charge < -0.3 is 14.5 Å². The van der Waals surface area contributed by atoms with E-state index in [1.54, 1.807) is 0 Å². The molecule has 1 N–H and O–H groups in total. The first-order chi connectivity index (χ1) is 18.1. The maximum absolute atomic E-state index is 5.52. The van der Waals surface area contributed by atoms with E-state index in [0.29, 0.717) is 19.1 Å². The van der Waals surface area contributed by atoms with Crippen molar-refractivity contribution >= 4 is 18.2 Å². The van der Waals surface area contributed by atoms with Crippen molar-refractivity contribution in [2.75, 3.05) is 13.2 Å². The molecule has 0 spiro atoms. The molecule has 0 radical (unpaired) electrons. The Kier molecular flexibility index (Phi) is 11.9. The quantitative estimate of drug-likeness (QED) is 0.246. The molecule has 0 bridgehead atoms. The largest absolute Gasteiger partial charge is 0.494 e. The lowest BCUT2D eigenvalue weighted by molar-refractivity contribution is 0.340. The van der Waals surface area contributed by atoms with E-state index in [1.165, 1.54) is 40.7 Å².